The fourth-order valence-corrected chi connectivity index (χ4v) is 5.23. The second kappa shape index (κ2) is 5.50. The molecule has 0 aliphatic carbocycles. The summed E-state index contributed by atoms with van der Waals surface area (Å²) in [6, 6.07) is 0.0176. The average molecular weight is 300 g/mol. The van der Waals surface area contributed by atoms with Gasteiger partial charge in [0.1, 0.15) is 16.4 Å². The maximum atomic E-state index is 12.9. The third-order valence-corrected chi connectivity index (χ3v) is 6.38. The zero-order valence-electron chi connectivity index (χ0n) is 12.6. The molecule has 0 aromatic carbocycles. The molecule has 2 N–H and O–H groups in total. The lowest BCUT2D eigenvalue weighted by atomic mass is 9.95. The summed E-state index contributed by atoms with van der Waals surface area (Å²) < 4.78 is 32.9. The van der Waals surface area contributed by atoms with Crippen molar-refractivity contribution in [2.24, 2.45) is 11.7 Å². The summed E-state index contributed by atoms with van der Waals surface area (Å²) in [4.78, 5) is 0.277. The topological polar surface area (TPSA) is 76.5 Å². The van der Waals surface area contributed by atoms with Gasteiger partial charge >= 0.3 is 0 Å². The molecule has 0 amide bonds. The lowest BCUT2D eigenvalue weighted by Gasteiger charge is -2.35. The van der Waals surface area contributed by atoms with Gasteiger partial charge in [-0.05, 0) is 39.5 Å². The number of hydrogen-bond donors (Lipinski definition) is 1. The van der Waals surface area contributed by atoms with E-state index in [0.717, 1.165) is 12.8 Å². The number of furan rings is 1. The summed E-state index contributed by atoms with van der Waals surface area (Å²) in [7, 11) is -3.53. The van der Waals surface area contributed by atoms with Gasteiger partial charge in [-0.15, -0.1) is 0 Å². The lowest BCUT2D eigenvalue weighted by molar-refractivity contribution is 0.220. The first-order chi connectivity index (χ1) is 9.28. The van der Waals surface area contributed by atoms with E-state index in [-0.39, 0.29) is 17.5 Å². The van der Waals surface area contributed by atoms with Gasteiger partial charge in [-0.3, -0.25) is 0 Å². The van der Waals surface area contributed by atoms with E-state index in [1.807, 2.05) is 6.92 Å². The molecule has 2 atom stereocenters. The van der Waals surface area contributed by atoms with E-state index >= 15 is 0 Å². The smallest absolute Gasteiger partial charge is 0.247 e. The maximum absolute atomic E-state index is 12.9. The molecule has 0 radical (unpaired) electrons. The molecule has 0 spiro atoms. The molecule has 2 rings (SSSR count). The Hall–Kier alpha value is -0.850. The molecule has 114 valence electrons. The highest BCUT2D eigenvalue weighted by atomic mass is 32.2. The summed E-state index contributed by atoms with van der Waals surface area (Å²) in [6.45, 7) is 8.33. The molecule has 1 aliphatic rings. The third kappa shape index (κ3) is 2.52. The predicted octanol–water partition coefficient (Wildman–Crippen LogP) is 2.16. The first-order valence-electron chi connectivity index (χ1n) is 7.09. The van der Waals surface area contributed by atoms with Gasteiger partial charge in [0.15, 0.2) is 0 Å². The zero-order valence-corrected chi connectivity index (χ0v) is 13.5. The van der Waals surface area contributed by atoms with Crippen LogP contribution in [0.15, 0.2) is 9.31 Å². The quantitative estimate of drug-likeness (QED) is 0.928. The molecule has 5 nitrogen and oxygen atoms in total. The van der Waals surface area contributed by atoms with Crippen molar-refractivity contribution in [1.82, 2.24) is 4.31 Å². The van der Waals surface area contributed by atoms with E-state index in [1.165, 1.54) is 0 Å². The van der Waals surface area contributed by atoms with E-state index in [1.54, 1.807) is 18.2 Å². The summed E-state index contributed by atoms with van der Waals surface area (Å²) in [5, 5.41) is 0. The van der Waals surface area contributed by atoms with Gasteiger partial charge in [-0.1, -0.05) is 6.92 Å². The Labute approximate surface area is 121 Å². The number of hydrogen-bond acceptors (Lipinski definition) is 4. The molecule has 1 aromatic heterocycles. The van der Waals surface area contributed by atoms with Crippen molar-refractivity contribution in [3.63, 3.8) is 0 Å². The Morgan fingerprint density at radius 1 is 1.30 bits per heavy atom. The molecule has 1 fully saturated rings. The zero-order chi connectivity index (χ0) is 15.1. The van der Waals surface area contributed by atoms with E-state index in [4.69, 9.17) is 10.2 Å². The fraction of sp³-hybridized carbons (Fsp3) is 0.714. The van der Waals surface area contributed by atoms with E-state index in [0.29, 0.717) is 29.5 Å². The molecule has 0 bridgehead atoms. The van der Waals surface area contributed by atoms with Gasteiger partial charge in [-0.2, -0.15) is 4.31 Å². The van der Waals surface area contributed by atoms with Crippen LogP contribution in [-0.2, 0) is 16.6 Å². The number of nitrogens with two attached hydrogens (primary N) is 1. The summed E-state index contributed by atoms with van der Waals surface area (Å²) in [5.41, 5.74) is 6.31. The second-order valence-corrected chi connectivity index (χ2v) is 7.65. The first kappa shape index (κ1) is 15.5. The Balaban J connectivity index is 2.46. The summed E-state index contributed by atoms with van der Waals surface area (Å²) >= 11 is 0. The number of sulfonamides is 1. The minimum Gasteiger partial charge on any atom is -0.465 e. The monoisotopic (exact) mass is 300 g/mol. The van der Waals surface area contributed by atoms with Gasteiger partial charge in [0.2, 0.25) is 10.0 Å². The van der Waals surface area contributed by atoms with E-state index in [2.05, 4.69) is 6.92 Å². The normalized spacial score (nSPS) is 25.1. The van der Waals surface area contributed by atoms with Crippen molar-refractivity contribution in [1.29, 1.82) is 0 Å². The molecular formula is C14H24N2O3S. The largest absolute Gasteiger partial charge is 0.465 e. The highest BCUT2D eigenvalue weighted by Crippen LogP contribution is 2.33. The number of piperidine rings is 1. The molecule has 1 aliphatic heterocycles. The second-order valence-electron chi connectivity index (χ2n) is 5.82. The Bertz CT molecular complexity index is 592. The van der Waals surface area contributed by atoms with Crippen molar-refractivity contribution >= 4 is 10.0 Å². The van der Waals surface area contributed by atoms with Crippen LogP contribution >= 0.6 is 0 Å². The van der Waals surface area contributed by atoms with Crippen LogP contribution in [0.1, 0.15) is 43.8 Å². The Morgan fingerprint density at radius 3 is 2.50 bits per heavy atom. The van der Waals surface area contributed by atoms with Gasteiger partial charge in [0.25, 0.3) is 0 Å². The minimum absolute atomic E-state index is 0.0176. The molecule has 1 saturated heterocycles. The maximum Gasteiger partial charge on any atom is 0.247 e. The standard InChI is InChI=1S/C14H24N2O3S/c1-9-5-6-16(10(2)7-9)20(17,18)14-12(4)19-11(3)13(14)8-15/h9-10H,5-8,15H2,1-4H3. The Morgan fingerprint density at radius 2 is 1.95 bits per heavy atom. The average Bonchev–Trinajstić information content (AvgIpc) is 2.63. The molecular weight excluding hydrogens is 276 g/mol. The number of rotatable bonds is 3. The van der Waals surface area contributed by atoms with Gasteiger partial charge < -0.3 is 10.2 Å². The van der Waals surface area contributed by atoms with Gasteiger partial charge in [-0.25, -0.2) is 8.42 Å². The first-order valence-corrected chi connectivity index (χ1v) is 8.53. The number of nitrogens with zero attached hydrogens (tertiary/aromatic N) is 1. The summed E-state index contributed by atoms with van der Waals surface area (Å²) in [5.74, 6) is 1.60. The van der Waals surface area contributed by atoms with Gasteiger partial charge in [0, 0.05) is 24.7 Å². The lowest BCUT2D eigenvalue weighted by Crippen LogP contribution is -2.44. The van der Waals surface area contributed by atoms with Crippen LogP contribution in [0.25, 0.3) is 0 Å². The molecule has 2 unspecified atom stereocenters. The van der Waals surface area contributed by atoms with E-state index < -0.39 is 10.0 Å². The molecule has 1 aromatic rings. The summed E-state index contributed by atoms with van der Waals surface area (Å²) in [6.07, 6.45) is 1.80. The highest BCUT2D eigenvalue weighted by molar-refractivity contribution is 7.89. The fourth-order valence-electron chi connectivity index (χ4n) is 3.14. The van der Waals surface area contributed by atoms with Crippen LogP contribution in [0.2, 0.25) is 0 Å². The van der Waals surface area contributed by atoms with Crippen molar-refractivity contribution in [2.45, 2.75) is 58.0 Å². The van der Waals surface area contributed by atoms with Crippen LogP contribution in [0.3, 0.4) is 0 Å². The SMILES string of the molecule is Cc1oc(C)c(S(=O)(=O)N2CCC(C)CC2C)c1CN. The van der Waals surface area contributed by atoms with Crippen LogP contribution in [-0.4, -0.2) is 25.3 Å². The Kier molecular flexibility index (Phi) is 4.27. The molecule has 6 heteroatoms. The molecule has 0 saturated carbocycles. The third-order valence-electron chi connectivity index (χ3n) is 4.17. The molecule has 20 heavy (non-hydrogen) atoms. The predicted molar refractivity (Wildman–Crippen MR) is 77.8 cm³/mol. The van der Waals surface area contributed by atoms with Gasteiger partial charge in [0.05, 0.1) is 0 Å². The number of aryl methyl sites for hydroxylation is 2. The van der Waals surface area contributed by atoms with Crippen LogP contribution in [0, 0.1) is 19.8 Å². The van der Waals surface area contributed by atoms with Crippen molar-refractivity contribution in [3.8, 4) is 0 Å². The van der Waals surface area contributed by atoms with Crippen molar-refractivity contribution in [3.05, 3.63) is 17.1 Å². The van der Waals surface area contributed by atoms with E-state index in [9.17, 15) is 8.42 Å². The van der Waals surface area contributed by atoms with Crippen LogP contribution in [0.4, 0.5) is 0 Å². The van der Waals surface area contributed by atoms with Crippen LogP contribution in [0.5, 0.6) is 0 Å². The van der Waals surface area contributed by atoms with Crippen molar-refractivity contribution < 1.29 is 12.8 Å². The van der Waals surface area contributed by atoms with Crippen molar-refractivity contribution in [2.75, 3.05) is 6.54 Å². The molecule has 2 heterocycles. The van der Waals surface area contributed by atoms with Crippen LogP contribution < -0.4 is 5.73 Å². The minimum atomic E-state index is -3.53. The highest BCUT2D eigenvalue weighted by Gasteiger charge is 2.37.